The summed E-state index contributed by atoms with van der Waals surface area (Å²) in [5.74, 6) is -1.18. The molecule has 0 spiro atoms. The third kappa shape index (κ3) is 2.76. The maximum Gasteiger partial charge on any atom is 0.285 e. The van der Waals surface area contributed by atoms with Gasteiger partial charge in [-0.3, -0.25) is 14.4 Å². The SMILES string of the molecule is COc1ccc(C=C2SC(=S)N(N3C(=O)CCC3=O)C2=O)cc1O. The van der Waals surface area contributed by atoms with Gasteiger partial charge in [-0.1, -0.05) is 17.8 Å². The number of benzene rings is 1. The van der Waals surface area contributed by atoms with Crippen LogP contribution in [0.25, 0.3) is 6.08 Å². The van der Waals surface area contributed by atoms with Gasteiger partial charge in [0.05, 0.1) is 12.0 Å². The zero-order valence-electron chi connectivity index (χ0n) is 12.5. The van der Waals surface area contributed by atoms with E-state index in [1.807, 2.05) is 0 Å². The maximum atomic E-state index is 12.5. The number of hydrogen-bond acceptors (Lipinski definition) is 7. The van der Waals surface area contributed by atoms with E-state index in [0.717, 1.165) is 21.8 Å². The zero-order chi connectivity index (χ0) is 17.4. The standard InChI is InChI=1S/C15H12N2O5S2/c1-22-10-3-2-8(6-9(10)18)7-11-14(21)17(15(23)24-11)16-12(19)4-5-13(16)20/h2-3,6-7,18H,4-5H2,1H3. The summed E-state index contributed by atoms with van der Waals surface area (Å²) < 4.78 is 5.08. The lowest BCUT2D eigenvalue weighted by molar-refractivity contribution is -0.157. The first-order chi connectivity index (χ1) is 11.4. The van der Waals surface area contributed by atoms with E-state index in [2.05, 4.69) is 0 Å². The molecule has 2 aliphatic rings. The molecule has 0 bridgehead atoms. The minimum absolute atomic E-state index is 0.0633. The smallest absolute Gasteiger partial charge is 0.285 e. The van der Waals surface area contributed by atoms with E-state index in [9.17, 15) is 19.5 Å². The Morgan fingerprint density at radius 3 is 2.46 bits per heavy atom. The predicted molar refractivity (Wildman–Crippen MR) is 90.8 cm³/mol. The number of hydrazine groups is 1. The molecule has 24 heavy (non-hydrogen) atoms. The summed E-state index contributed by atoms with van der Waals surface area (Å²) in [4.78, 5) is 36.4. The fourth-order valence-corrected chi connectivity index (χ4v) is 3.61. The van der Waals surface area contributed by atoms with E-state index < -0.39 is 17.7 Å². The number of thioether (sulfide) groups is 1. The Kier molecular flexibility index (Phi) is 4.29. The van der Waals surface area contributed by atoms with Crippen molar-refractivity contribution in [2.45, 2.75) is 12.8 Å². The summed E-state index contributed by atoms with van der Waals surface area (Å²) >= 11 is 6.12. The third-order valence-electron chi connectivity index (χ3n) is 3.50. The number of phenolic OH excluding ortho intramolecular Hbond substituents is 1. The molecular weight excluding hydrogens is 352 g/mol. The lowest BCUT2D eigenvalue weighted by atomic mass is 10.2. The van der Waals surface area contributed by atoms with Gasteiger partial charge >= 0.3 is 0 Å². The molecule has 1 aromatic rings. The number of carbonyl (C=O) groups is 3. The van der Waals surface area contributed by atoms with Crippen molar-refractivity contribution in [3.8, 4) is 11.5 Å². The van der Waals surface area contributed by atoms with Gasteiger partial charge in [-0.2, -0.15) is 10.0 Å². The van der Waals surface area contributed by atoms with E-state index in [0.29, 0.717) is 11.3 Å². The summed E-state index contributed by atoms with van der Waals surface area (Å²) in [5.41, 5.74) is 0.563. The average molecular weight is 364 g/mol. The quantitative estimate of drug-likeness (QED) is 0.496. The number of hydrogen-bond donors (Lipinski definition) is 1. The van der Waals surface area contributed by atoms with Crippen LogP contribution in [0, 0.1) is 0 Å². The minimum atomic E-state index is -0.538. The first-order valence-electron chi connectivity index (χ1n) is 6.93. The normalized spacial score (nSPS) is 19.8. The van der Waals surface area contributed by atoms with Crippen molar-refractivity contribution in [3.63, 3.8) is 0 Å². The second kappa shape index (κ2) is 6.25. The number of imide groups is 1. The molecule has 0 aliphatic carbocycles. The van der Waals surface area contributed by atoms with Crippen molar-refractivity contribution in [2.75, 3.05) is 7.11 Å². The van der Waals surface area contributed by atoms with Gasteiger partial charge < -0.3 is 9.84 Å². The van der Waals surface area contributed by atoms with Gasteiger partial charge in [-0.05, 0) is 36.0 Å². The molecule has 124 valence electrons. The van der Waals surface area contributed by atoms with Crippen LogP contribution in [0.2, 0.25) is 0 Å². The topological polar surface area (TPSA) is 87.2 Å². The molecule has 7 nitrogen and oxygen atoms in total. The molecule has 3 amide bonds. The van der Waals surface area contributed by atoms with Crippen LogP contribution in [0.4, 0.5) is 0 Å². The Morgan fingerprint density at radius 2 is 1.88 bits per heavy atom. The van der Waals surface area contributed by atoms with Crippen LogP contribution in [-0.4, -0.2) is 44.3 Å². The molecule has 2 saturated heterocycles. The molecule has 1 aromatic carbocycles. The van der Waals surface area contributed by atoms with Gasteiger partial charge in [0.25, 0.3) is 5.91 Å². The largest absolute Gasteiger partial charge is 0.504 e. The van der Waals surface area contributed by atoms with Crippen molar-refractivity contribution < 1.29 is 24.2 Å². The Bertz CT molecular complexity index is 789. The molecule has 9 heteroatoms. The Morgan fingerprint density at radius 1 is 1.21 bits per heavy atom. The van der Waals surface area contributed by atoms with Crippen LogP contribution in [0.5, 0.6) is 11.5 Å². The molecular formula is C15H12N2O5S2. The molecule has 2 fully saturated rings. The average Bonchev–Trinajstić information content (AvgIpc) is 2.99. The summed E-state index contributed by atoms with van der Waals surface area (Å²) in [6, 6.07) is 4.67. The summed E-state index contributed by atoms with van der Waals surface area (Å²) in [6.45, 7) is 0. The Labute approximate surface area is 146 Å². The monoisotopic (exact) mass is 364 g/mol. The number of ether oxygens (including phenoxy) is 1. The molecule has 0 unspecified atom stereocenters. The minimum Gasteiger partial charge on any atom is -0.504 e. The van der Waals surface area contributed by atoms with Crippen LogP contribution in [0.1, 0.15) is 18.4 Å². The van der Waals surface area contributed by atoms with Gasteiger partial charge in [0.2, 0.25) is 11.8 Å². The molecule has 3 rings (SSSR count). The van der Waals surface area contributed by atoms with Gasteiger partial charge in [0.15, 0.2) is 15.8 Å². The molecule has 0 atom stereocenters. The number of phenols is 1. The number of amides is 3. The van der Waals surface area contributed by atoms with Gasteiger partial charge in [0, 0.05) is 12.8 Å². The molecule has 2 aliphatic heterocycles. The summed E-state index contributed by atoms with van der Waals surface area (Å²) in [5, 5.41) is 11.5. The number of rotatable bonds is 3. The van der Waals surface area contributed by atoms with Gasteiger partial charge in [-0.25, -0.2) is 0 Å². The highest BCUT2D eigenvalue weighted by Crippen LogP contribution is 2.36. The Balaban J connectivity index is 1.90. The Hall–Kier alpha value is -2.39. The highest BCUT2D eigenvalue weighted by atomic mass is 32.2. The van der Waals surface area contributed by atoms with E-state index in [1.54, 1.807) is 12.1 Å². The molecule has 0 aromatic heterocycles. The summed E-state index contributed by atoms with van der Waals surface area (Å²) in [7, 11) is 1.43. The van der Waals surface area contributed by atoms with Gasteiger partial charge in [0.1, 0.15) is 0 Å². The van der Waals surface area contributed by atoms with E-state index >= 15 is 0 Å². The second-order valence-electron chi connectivity index (χ2n) is 5.02. The molecule has 1 N–H and O–H groups in total. The number of thiocarbonyl (C=S) groups is 1. The zero-order valence-corrected chi connectivity index (χ0v) is 14.1. The number of methoxy groups -OCH3 is 1. The number of aromatic hydroxyl groups is 1. The van der Waals surface area contributed by atoms with Crippen molar-refractivity contribution in [1.29, 1.82) is 0 Å². The van der Waals surface area contributed by atoms with E-state index in [4.69, 9.17) is 17.0 Å². The third-order valence-corrected chi connectivity index (χ3v) is 4.78. The fraction of sp³-hybridized carbons (Fsp3) is 0.200. The number of carbonyl (C=O) groups excluding carboxylic acids is 3. The predicted octanol–water partition coefficient (Wildman–Crippen LogP) is 1.67. The van der Waals surface area contributed by atoms with E-state index in [-0.39, 0.29) is 27.8 Å². The van der Waals surface area contributed by atoms with Crippen molar-refractivity contribution in [1.82, 2.24) is 10.0 Å². The summed E-state index contributed by atoms with van der Waals surface area (Å²) in [6.07, 6.45) is 1.67. The van der Waals surface area contributed by atoms with Gasteiger partial charge in [-0.15, -0.1) is 0 Å². The van der Waals surface area contributed by atoms with Crippen LogP contribution >= 0.6 is 24.0 Å². The van der Waals surface area contributed by atoms with Crippen LogP contribution in [0.3, 0.4) is 0 Å². The maximum absolute atomic E-state index is 12.5. The molecule has 0 saturated carbocycles. The van der Waals surface area contributed by atoms with Crippen LogP contribution in [-0.2, 0) is 14.4 Å². The molecule has 2 heterocycles. The fourth-order valence-electron chi connectivity index (χ4n) is 2.37. The first kappa shape index (κ1) is 16.5. The molecule has 0 radical (unpaired) electrons. The highest BCUT2D eigenvalue weighted by molar-refractivity contribution is 8.26. The second-order valence-corrected chi connectivity index (χ2v) is 6.70. The van der Waals surface area contributed by atoms with Crippen molar-refractivity contribution in [3.05, 3.63) is 28.7 Å². The first-order valence-corrected chi connectivity index (χ1v) is 8.15. The van der Waals surface area contributed by atoms with Crippen LogP contribution < -0.4 is 4.74 Å². The highest BCUT2D eigenvalue weighted by Gasteiger charge is 2.44. The van der Waals surface area contributed by atoms with Crippen LogP contribution in [0.15, 0.2) is 23.1 Å². The van der Waals surface area contributed by atoms with Crippen molar-refractivity contribution in [2.24, 2.45) is 0 Å². The lowest BCUT2D eigenvalue weighted by Crippen LogP contribution is -2.48. The van der Waals surface area contributed by atoms with E-state index in [1.165, 1.54) is 19.3 Å². The lowest BCUT2D eigenvalue weighted by Gasteiger charge is -2.23. The number of nitrogens with zero attached hydrogens (tertiary/aromatic N) is 2. The van der Waals surface area contributed by atoms with Crippen molar-refractivity contribution >= 4 is 52.1 Å².